The lowest BCUT2D eigenvalue weighted by Crippen LogP contribution is -2.40. The van der Waals surface area contributed by atoms with Gasteiger partial charge in [0, 0.05) is 18.2 Å². The molecule has 0 aliphatic carbocycles. The second-order valence-corrected chi connectivity index (χ2v) is 6.84. The van der Waals surface area contributed by atoms with Gasteiger partial charge in [-0.1, -0.05) is 32.8 Å². The molecule has 1 N–H and O–H groups in total. The number of amides is 1. The molecule has 0 aromatic heterocycles. The average molecular weight is 333 g/mol. The van der Waals surface area contributed by atoms with Crippen LogP contribution in [0.1, 0.15) is 56.3 Å². The van der Waals surface area contributed by atoms with Crippen LogP contribution in [0.15, 0.2) is 24.3 Å². The minimum atomic E-state index is -1.03. The minimum Gasteiger partial charge on any atom is -0.482 e. The van der Waals surface area contributed by atoms with Crippen molar-refractivity contribution in [1.29, 1.82) is 0 Å². The van der Waals surface area contributed by atoms with Gasteiger partial charge in [-0.15, -0.1) is 0 Å². The lowest BCUT2D eigenvalue weighted by Gasteiger charge is -2.31. The average Bonchev–Trinajstić information content (AvgIpc) is 2.77. The molecule has 0 saturated carbocycles. The number of nitrogens with zero attached hydrogens (tertiary/aromatic N) is 1. The first-order chi connectivity index (χ1) is 11.5. The highest BCUT2D eigenvalue weighted by molar-refractivity contribution is 5.94. The Hall–Kier alpha value is -2.04. The maximum absolute atomic E-state index is 13.0. The van der Waals surface area contributed by atoms with Crippen molar-refractivity contribution < 1.29 is 19.4 Å². The fourth-order valence-electron chi connectivity index (χ4n) is 3.26. The molecule has 24 heavy (non-hydrogen) atoms. The maximum atomic E-state index is 13.0. The Morgan fingerprint density at radius 2 is 2.08 bits per heavy atom. The van der Waals surface area contributed by atoms with E-state index in [1.165, 1.54) is 12.8 Å². The zero-order chi connectivity index (χ0) is 17.5. The smallest absolute Gasteiger partial charge is 0.341 e. The van der Waals surface area contributed by atoms with Gasteiger partial charge in [0.1, 0.15) is 5.75 Å². The van der Waals surface area contributed by atoms with Gasteiger partial charge in [-0.2, -0.15) is 0 Å². The molecule has 1 aliphatic rings. The summed E-state index contributed by atoms with van der Waals surface area (Å²) in [5, 5.41) is 8.71. The Morgan fingerprint density at radius 3 is 2.79 bits per heavy atom. The van der Waals surface area contributed by atoms with Crippen LogP contribution >= 0.6 is 0 Å². The molecule has 5 heteroatoms. The van der Waals surface area contributed by atoms with E-state index in [0.717, 1.165) is 25.8 Å². The molecule has 1 unspecified atom stereocenters. The van der Waals surface area contributed by atoms with Crippen molar-refractivity contribution >= 4 is 11.9 Å². The molecule has 1 aromatic rings. The normalized spacial score (nSPS) is 18.3. The van der Waals surface area contributed by atoms with Crippen LogP contribution in [0, 0.1) is 5.92 Å². The third kappa shape index (κ3) is 5.25. The first-order valence-electron chi connectivity index (χ1n) is 8.73. The molecular formula is C19H27NO4. The van der Waals surface area contributed by atoms with E-state index in [9.17, 15) is 9.59 Å². The fourth-order valence-corrected chi connectivity index (χ4v) is 3.26. The van der Waals surface area contributed by atoms with Crippen LogP contribution < -0.4 is 4.74 Å². The Balaban J connectivity index is 2.15. The first-order valence-corrected chi connectivity index (χ1v) is 8.73. The molecule has 1 saturated heterocycles. The molecule has 1 heterocycles. The number of carbonyl (C=O) groups is 2. The molecule has 1 atom stereocenters. The lowest BCUT2D eigenvalue weighted by molar-refractivity contribution is -0.139. The summed E-state index contributed by atoms with van der Waals surface area (Å²) >= 11 is 0. The van der Waals surface area contributed by atoms with Crippen molar-refractivity contribution in [2.24, 2.45) is 5.92 Å². The van der Waals surface area contributed by atoms with Crippen molar-refractivity contribution in [2.75, 3.05) is 13.2 Å². The second kappa shape index (κ2) is 8.71. The van der Waals surface area contributed by atoms with Crippen LogP contribution in [0.3, 0.4) is 0 Å². The Labute approximate surface area is 143 Å². The lowest BCUT2D eigenvalue weighted by atomic mass is 9.98. The summed E-state index contributed by atoms with van der Waals surface area (Å²) < 4.78 is 5.19. The summed E-state index contributed by atoms with van der Waals surface area (Å²) in [6.07, 6.45) is 5.44. The summed E-state index contributed by atoms with van der Waals surface area (Å²) in [6, 6.07) is 7.10. The quantitative estimate of drug-likeness (QED) is 0.864. The summed E-state index contributed by atoms with van der Waals surface area (Å²) in [4.78, 5) is 25.6. The fraction of sp³-hybridized carbons (Fsp3) is 0.579. The van der Waals surface area contributed by atoms with Gasteiger partial charge in [-0.25, -0.2) is 4.79 Å². The van der Waals surface area contributed by atoms with Crippen LogP contribution in [0.4, 0.5) is 0 Å². The van der Waals surface area contributed by atoms with Gasteiger partial charge in [0.05, 0.1) is 0 Å². The van der Waals surface area contributed by atoms with Gasteiger partial charge in [-0.05, 0) is 43.4 Å². The van der Waals surface area contributed by atoms with Crippen LogP contribution in [0.5, 0.6) is 5.75 Å². The topological polar surface area (TPSA) is 66.8 Å². The van der Waals surface area contributed by atoms with E-state index in [0.29, 0.717) is 17.2 Å². The SMILES string of the molecule is CC(C)CC1CCCCCN1C(=O)c1cccc(OCC(=O)O)c1. The number of hydrogen-bond donors (Lipinski definition) is 1. The van der Waals surface area contributed by atoms with Gasteiger partial charge in [0.25, 0.3) is 5.91 Å². The minimum absolute atomic E-state index is 0.0170. The molecule has 1 aromatic carbocycles. The number of aliphatic carboxylic acids is 1. The number of carboxylic acid groups (broad SMARTS) is 1. The molecule has 1 amide bonds. The van der Waals surface area contributed by atoms with E-state index >= 15 is 0 Å². The summed E-state index contributed by atoms with van der Waals surface area (Å²) in [5.41, 5.74) is 0.563. The Morgan fingerprint density at radius 1 is 1.29 bits per heavy atom. The maximum Gasteiger partial charge on any atom is 0.341 e. The largest absolute Gasteiger partial charge is 0.482 e. The van der Waals surface area contributed by atoms with Crippen molar-refractivity contribution in [3.8, 4) is 5.75 Å². The van der Waals surface area contributed by atoms with E-state index in [4.69, 9.17) is 9.84 Å². The molecule has 0 spiro atoms. The Kier molecular flexibility index (Phi) is 6.64. The van der Waals surface area contributed by atoms with Gasteiger partial charge < -0.3 is 14.7 Å². The Bertz CT molecular complexity index is 570. The van der Waals surface area contributed by atoms with Gasteiger partial charge in [-0.3, -0.25) is 4.79 Å². The summed E-state index contributed by atoms with van der Waals surface area (Å²) in [7, 11) is 0. The molecular weight excluding hydrogens is 306 g/mol. The standard InChI is InChI=1S/C19H27NO4/c1-14(2)11-16-8-4-3-5-10-20(16)19(23)15-7-6-9-17(12-15)24-13-18(21)22/h6-7,9,12,14,16H,3-5,8,10-11,13H2,1-2H3,(H,21,22). The number of rotatable bonds is 6. The third-order valence-electron chi connectivity index (χ3n) is 4.32. The summed E-state index contributed by atoms with van der Waals surface area (Å²) in [5.74, 6) is -0.0494. The zero-order valence-electron chi connectivity index (χ0n) is 14.5. The van der Waals surface area contributed by atoms with Crippen LogP contribution in [0.25, 0.3) is 0 Å². The van der Waals surface area contributed by atoms with E-state index in [1.54, 1.807) is 24.3 Å². The van der Waals surface area contributed by atoms with E-state index in [1.807, 2.05) is 4.90 Å². The van der Waals surface area contributed by atoms with Crippen molar-refractivity contribution in [2.45, 2.75) is 52.0 Å². The number of benzene rings is 1. The predicted octanol–water partition coefficient (Wildman–Crippen LogP) is 3.58. The highest BCUT2D eigenvalue weighted by atomic mass is 16.5. The number of carboxylic acids is 1. The van der Waals surface area contributed by atoms with Crippen molar-refractivity contribution in [3.05, 3.63) is 29.8 Å². The molecule has 2 rings (SSSR count). The number of hydrogen-bond acceptors (Lipinski definition) is 3. The zero-order valence-corrected chi connectivity index (χ0v) is 14.5. The molecule has 1 aliphatic heterocycles. The predicted molar refractivity (Wildman–Crippen MR) is 92.3 cm³/mol. The highest BCUT2D eigenvalue weighted by Crippen LogP contribution is 2.25. The molecule has 0 bridgehead atoms. The van der Waals surface area contributed by atoms with Gasteiger partial charge in [0.15, 0.2) is 6.61 Å². The van der Waals surface area contributed by atoms with Crippen LogP contribution in [-0.4, -0.2) is 41.1 Å². The second-order valence-electron chi connectivity index (χ2n) is 6.84. The van der Waals surface area contributed by atoms with Crippen LogP contribution in [-0.2, 0) is 4.79 Å². The van der Waals surface area contributed by atoms with Crippen molar-refractivity contribution in [3.63, 3.8) is 0 Å². The number of carbonyl (C=O) groups excluding carboxylic acids is 1. The molecule has 132 valence electrons. The summed E-state index contributed by atoms with van der Waals surface area (Å²) in [6.45, 7) is 4.76. The monoisotopic (exact) mass is 333 g/mol. The van der Waals surface area contributed by atoms with Gasteiger partial charge >= 0.3 is 5.97 Å². The molecule has 0 radical (unpaired) electrons. The first kappa shape index (κ1) is 18.3. The van der Waals surface area contributed by atoms with Crippen LogP contribution in [0.2, 0.25) is 0 Å². The van der Waals surface area contributed by atoms with Gasteiger partial charge in [0.2, 0.25) is 0 Å². The third-order valence-corrected chi connectivity index (χ3v) is 4.32. The number of ether oxygens (including phenoxy) is 1. The molecule has 1 fully saturated rings. The molecule has 5 nitrogen and oxygen atoms in total. The number of likely N-dealkylation sites (tertiary alicyclic amines) is 1. The van der Waals surface area contributed by atoms with E-state index in [-0.39, 0.29) is 11.9 Å². The van der Waals surface area contributed by atoms with Crippen molar-refractivity contribution in [1.82, 2.24) is 4.90 Å². The van der Waals surface area contributed by atoms with E-state index < -0.39 is 12.6 Å². The highest BCUT2D eigenvalue weighted by Gasteiger charge is 2.27. The van der Waals surface area contributed by atoms with E-state index in [2.05, 4.69) is 13.8 Å².